The molecule has 1 rings (SSSR count). The fourth-order valence-electron chi connectivity index (χ4n) is 2.54. The predicted molar refractivity (Wildman–Crippen MR) is 91.3 cm³/mol. The maximum Gasteiger partial charge on any atom is 0.460 e. The van der Waals surface area contributed by atoms with Crippen LogP contribution in [0.3, 0.4) is 0 Å². The van der Waals surface area contributed by atoms with E-state index >= 15 is 0 Å². The highest BCUT2D eigenvalue weighted by Gasteiger charge is 2.86. The van der Waals surface area contributed by atoms with Crippen molar-refractivity contribution in [2.45, 2.75) is 36.5 Å². The van der Waals surface area contributed by atoms with Gasteiger partial charge in [0.15, 0.2) is 5.60 Å². The van der Waals surface area contributed by atoms with Crippen molar-refractivity contribution in [3.8, 4) is 0 Å². The van der Waals surface area contributed by atoms with E-state index < -0.39 is 46.9 Å². The zero-order valence-electron chi connectivity index (χ0n) is 15.0. The molecule has 13 heteroatoms. The van der Waals surface area contributed by atoms with Crippen LogP contribution in [0.25, 0.3) is 0 Å². The SMILES string of the molecule is C=CCNC(=O)[C@@H](C)[C@](O)(c1ccc(Br)cc1)C(F)(F)C(F)(F)C(F)(F)C(F)(F)F. The molecule has 0 fully saturated rings. The van der Waals surface area contributed by atoms with Gasteiger partial charge in [-0.1, -0.05) is 41.1 Å². The van der Waals surface area contributed by atoms with Gasteiger partial charge in [-0.3, -0.25) is 4.79 Å². The van der Waals surface area contributed by atoms with Crippen LogP contribution in [0.2, 0.25) is 0 Å². The molecule has 0 aromatic heterocycles. The van der Waals surface area contributed by atoms with Crippen LogP contribution in [0.5, 0.6) is 0 Å². The van der Waals surface area contributed by atoms with E-state index in [2.05, 4.69) is 22.5 Å². The van der Waals surface area contributed by atoms with Crippen molar-refractivity contribution in [3.05, 3.63) is 47.0 Å². The molecule has 2 N–H and O–H groups in total. The molecule has 0 aliphatic heterocycles. The number of alkyl halides is 9. The third kappa shape index (κ3) is 4.05. The van der Waals surface area contributed by atoms with Gasteiger partial charge in [0.25, 0.3) is 0 Å². The maximum absolute atomic E-state index is 14.8. The van der Waals surface area contributed by atoms with E-state index in [1.807, 2.05) is 5.32 Å². The van der Waals surface area contributed by atoms with E-state index in [0.717, 1.165) is 18.2 Å². The van der Waals surface area contributed by atoms with E-state index in [0.29, 0.717) is 19.1 Å². The summed E-state index contributed by atoms with van der Waals surface area (Å²) in [5.41, 5.74) is -5.65. The highest BCUT2D eigenvalue weighted by molar-refractivity contribution is 9.10. The van der Waals surface area contributed by atoms with E-state index in [9.17, 15) is 49.4 Å². The smallest absolute Gasteiger partial charge is 0.378 e. The summed E-state index contributed by atoms with van der Waals surface area (Å²) in [5, 5.41) is 12.5. The molecule has 1 aromatic carbocycles. The van der Waals surface area contributed by atoms with Crippen molar-refractivity contribution in [2.24, 2.45) is 5.92 Å². The van der Waals surface area contributed by atoms with Crippen LogP contribution in [0.15, 0.2) is 41.4 Å². The zero-order chi connectivity index (χ0) is 23.8. The van der Waals surface area contributed by atoms with Gasteiger partial charge < -0.3 is 10.4 Å². The number of halogens is 10. The van der Waals surface area contributed by atoms with Gasteiger partial charge in [-0.15, -0.1) is 6.58 Å². The number of benzene rings is 1. The van der Waals surface area contributed by atoms with Crippen molar-refractivity contribution in [1.82, 2.24) is 5.32 Å². The Balaban J connectivity index is 3.77. The molecule has 0 heterocycles. The normalized spacial score (nSPS) is 16.5. The molecule has 2 atom stereocenters. The summed E-state index contributed by atoms with van der Waals surface area (Å²) in [4.78, 5) is 12.1. The minimum absolute atomic E-state index is 0.174. The van der Waals surface area contributed by atoms with Crippen molar-refractivity contribution < 1.29 is 49.4 Å². The van der Waals surface area contributed by atoms with E-state index in [1.54, 1.807) is 0 Å². The summed E-state index contributed by atoms with van der Waals surface area (Å²) in [6, 6.07) is 3.03. The van der Waals surface area contributed by atoms with E-state index in [-0.39, 0.29) is 11.0 Å². The molecule has 30 heavy (non-hydrogen) atoms. The first-order valence-electron chi connectivity index (χ1n) is 7.96. The highest BCUT2D eigenvalue weighted by atomic mass is 79.9. The number of rotatable bonds is 8. The first-order valence-corrected chi connectivity index (χ1v) is 8.76. The Hall–Kier alpha value is -1.76. The van der Waals surface area contributed by atoms with Crippen LogP contribution in [0.4, 0.5) is 39.5 Å². The first kappa shape index (κ1) is 26.3. The summed E-state index contributed by atoms with van der Waals surface area (Å²) in [6.07, 6.45) is -6.03. The Morgan fingerprint density at radius 3 is 1.90 bits per heavy atom. The fourth-order valence-corrected chi connectivity index (χ4v) is 2.80. The second-order valence-corrected chi connectivity index (χ2v) is 7.17. The third-order valence-electron chi connectivity index (χ3n) is 4.35. The lowest BCUT2D eigenvalue weighted by Gasteiger charge is -2.45. The molecule has 0 aliphatic carbocycles. The Bertz CT molecular complexity index is 780. The lowest BCUT2D eigenvalue weighted by molar-refractivity contribution is -0.421. The molecule has 3 nitrogen and oxygen atoms in total. The number of amides is 1. The quantitative estimate of drug-likeness (QED) is 0.376. The molecule has 0 radical (unpaired) electrons. The van der Waals surface area contributed by atoms with Crippen LogP contribution < -0.4 is 5.32 Å². The number of aliphatic hydroxyl groups is 1. The summed E-state index contributed by atoms with van der Waals surface area (Å²) in [6.45, 7) is 3.29. The minimum atomic E-state index is -7.23. The molecule has 0 bridgehead atoms. The van der Waals surface area contributed by atoms with Gasteiger partial charge >= 0.3 is 23.9 Å². The zero-order valence-corrected chi connectivity index (χ0v) is 16.6. The van der Waals surface area contributed by atoms with Crippen molar-refractivity contribution >= 4 is 21.8 Å². The molecule has 1 amide bonds. The van der Waals surface area contributed by atoms with Gasteiger partial charge in [0.1, 0.15) is 0 Å². The van der Waals surface area contributed by atoms with Crippen LogP contribution in [-0.4, -0.2) is 41.5 Å². The number of carbonyl (C=O) groups is 1. The van der Waals surface area contributed by atoms with Crippen molar-refractivity contribution in [2.75, 3.05) is 6.54 Å². The molecular weight excluding hydrogens is 501 g/mol. The van der Waals surface area contributed by atoms with Gasteiger partial charge in [-0.2, -0.15) is 39.5 Å². The standard InChI is InChI=1S/C17H15BrF9NO2/c1-3-8-28-12(29)9(2)13(30,10-4-6-11(18)7-5-10)14(19,20)15(21,22)16(23,24)17(25,26)27/h3-7,9,30H,1,8H2,2H3,(H,28,29)/t9-,13+/m1/s1. The largest absolute Gasteiger partial charge is 0.460 e. The Morgan fingerprint density at radius 1 is 1.03 bits per heavy atom. The Kier molecular flexibility index (Phi) is 7.36. The number of nitrogens with one attached hydrogen (secondary N) is 1. The lowest BCUT2D eigenvalue weighted by Crippen LogP contribution is -2.69. The number of carbonyl (C=O) groups excluding carboxylic acids is 1. The second kappa shape index (κ2) is 8.40. The second-order valence-electron chi connectivity index (χ2n) is 6.25. The fraction of sp³-hybridized carbons (Fsp3) is 0.471. The third-order valence-corrected chi connectivity index (χ3v) is 4.88. The van der Waals surface area contributed by atoms with Crippen LogP contribution >= 0.6 is 15.9 Å². The Labute approximate surface area is 173 Å². The monoisotopic (exact) mass is 515 g/mol. The van der Waals surface area contributed by atoms with Gasteiger partial charge in [0, 0.05) is 11.0 Å². The van der Waals surface area contributed by atoms with E-state index in [4.69, 9.17) is 0 Å². The molecule has 0 spiro atoms. The summed E-state index contributed by atoms with van der Waals surface area (Å²) < 4.78 is 122. The predicted octanol–water partition coefficient (Wildman–Crippen LogP) is 5.04. The van der Waals surface area contributed by atoms with Gasteiger partial charge in [0.05, 0.1) is 5.92 Å². The van der Waals surface area contributed by atoms with Gasteiger partial charge in [0.2, 0.25) is 5.91 Å². The molecule has 0 unspecified atom stereocenters. The number of hydrogen-bond acceptors (Lipinski definition) is 2. The van der Waals surface area contributed by atoms with Crippen molar-refractivity contribution in [3.63, 3.8) is 0 Å². The Morgan fingerprint density at radius 2 is 1.50 bits per heavy atom. The van der Waals surface area contributed by atoms with Gasteiger partial charge in [-0.25, -0.2) is 0 Å². The van der Waals surface area contributed by atoms with Crippen LogP contribution in [-0.2, 0) is 10.4 Å². The summed E-state index contributed by atoms with van der Waals surface area (Å²) >= 11 is 2.88. The lowest BCUT2D eigenvalue weighted by atomic mass is 9.73. The van der Waals surface area contributed by atoms with Gasteiger partial charge in [-0.05, 0) is 17.7 Å². The average Bonchev–Trinajstić information content (AvgIpc) is 2.63. The van der Waals surface area contributed by atoms with E-state index in [1.165, 1.54) is 0 Å². The molecule has 0 saturated heterocycles. The minimum Gasteiger partial charge on any atom is -0.378 e. The summed E-state index contributed by atoms with van der Waals surface area (Å²) in [7, 11) is 0. The number of hydrogen-bond donors (Lipinski definition) is 2. The topological polar surface area (TPSA) is 49.3 Å². The first-order chi connectivity index (χ1) is 13.4. The summed E-state index contributed by atoms with van der Waals surface area (Å²) in [5.74, 6) is -24.9. The molecule has 1 aromatic rings. The van der Waals surface area contributed by atoms with Crippen LogP contribution in [0, 0.1) is 5.92 Å². The molecular formula is C17H15BrF9NO2. The molecule has 0 saturated carbocycles. The van der Waals surface area contributed by atoms with Crippen LogP contribution in [0.1, 0.15) is 12.5 Å². The highest BCUT2D eigenvalue weighted by Crippen LogP contribution is 2.59. The average molecular weight is 516 g/mol. The maximum atomic E-state index is 14.8. The van der Waals surface area contributed by atoms with Crippen molar-refractivity contribution in [1.29, 1.82) is 0 Å². The molecule has 0 aliphatic rings. The molecule has 170 valence electrons.